The summed E-state index contributed by atoms with van der Waals surface area (Å²) in [4.78, 5) is 65.7. The third-order valence-electron chi connectivity index (χ3n) is 26.0. The standard InChI is InChI=1S/C52H85N5O20.C50H81N3O19/c1-30-18-16-14-12-10-8-6-7-9-11-13-15-17-19-37(75-49-48(69)45(47(68)33(4)74-49)54-50(53)57(5)72)25-42-44(55-51(70)56-77-38(28-58)29-59)41(65)27-52(71,76-42)26-36(62)23-40(64)39(63)21-20-34(60)22-35(61)24-43(66)73-32(3)31(2)46(30)67;1-29-17-15-13-11-9-7-5-6-8-10-12-14-16-18-36(70-48-47(65)43(51)46(64)32(4)69-48)24-41-44(52-49(66)53-72-37(27-54)28-55)40(61)26-50(67,71-41)25-35(58)22-39(60)38(59)20-19-33(56)21-34(57)23-42(62)68-31(3)30(2)45(29)63/h6-19,30-42,44-49,58-65,67-69,71-72H,20-29H2,1-5H3,(H2,53,54)(H2,55,56,70);5-18,29-41,43-48,54-61,63-65,67H,19-28,51H2,1-4H3,(H2,52,53,66)/b7-6+,10-8+,11-9+,14-12+,15-13+,18-16+,19-17+;6-5+,9-7+,10-8+,13-11+,14-12+,17-15+,18-16+/t30-,31-,32-,33+,34+,35+,36-,37-,39+,40+,41-,42-,44+,45-,46+,47+,48-,49-,52+;29-,30-,31?,32+,33+,34+,35-,36-,38+,39+,40-,41-,43-,44+,45+,46+,47-,48-,50+/m00/s1. The number of hydrogen-bond acceptors (Lipinski definition) is 41. The van der Waals surface area contributed by atoms with Crippen LogP contribution in [-0.4, -0.2) is 415 Å². The molecule has 848 valence electrons. The number of ether oxygens (including phenoxy) is 8. The molecule has 6 aliphatic heterocycles. The number of cyclic esters (lactones) is 2. The zero-order valence-corrected chi connectivity index (χ0v) is 85.7. The van der Waals surface area contributed by atoms with Gasteiger partial charge < -0.3 is 183 Å². The van der Waals surface area contributed by atoms with E-state index in [9.17, 15) is 147 Å². The highest BCUT2D eigenvalue weighted by atomic mass is 16.7. The van der Waals surface area contributed by atoms with Crippen molar-refractivity contribution in [1.82, 2.24) is 26.7 Å². The van der Waals surface area contributed by atoms with Gasteiger partial charge in [-0.1, -0.05) is 198 Å². The molecule has 0 saturated carbocycles. The van der Waals surface area contributed by atoms with E-state index in [0.717, 1.165) is 0 Å². The molecule has 6 heterocycles. The Hall–Kier alpha value is -8.25. The predicted molar refractivity (Wildman–Crippen MR) is 538 cm³/mol. The molecule has 0 radical (unpaired) electrons. The van der Waals surface area contributed by atoms with Crippen LogP contribution >= 0.6 is 0 Å². The molecule has 6 aliphatic rings. The minimum absolute atomic E-state index is 0.124. The Morgan fingerprint density at radius 3 is 1.06 bits per heavy atom. The number of carbonyl (C=O) groups is 4. The maximum absolute atomic E-state index is 13.1. The normalized spacial score (nSPS) is 41.3. The molecule has 4 amide bonds. The molecule has 47 nitrogen and oxygen atoms in total. The number of guanidine groups is 1. The highest BCUT2D eigenvalue weighted by Crippen LogP contribution is 2.39. The minimum atomic E-state index is -2.39. The fourth-order valence-corrected chi connectivity index (χ4v) is 16.9. The summed E-state index contributed by atoms with van der Waals surface area (Å²) in [5, 5.41) is 274. The Morgan fingerprint density at radius 1 is 0.403 bits per heavy atom. The van der Waals surface area contributed by atoms with Gasteiger partial charge in [0.15, 0.2) is 24.2 Å². The molecule has 0 aromatic heterocycles. The smallest absolute Gasteiger partial charge is 0.339 e. The molecule has 4 saturated heterocycles. The lowest BCUT2D eigenvalue weighted by molar-refractivity contribution is -0.303. The molecule has 0 aliphatic carbocycles. The molecule has 38 atom stereocenters. The maximum Gasteiger partial charge on any atom is 0.339 e. The second-order valence-corrected chi connectivity index (χ2v) is 38.7. The first kappa shape index (κ1) is 131. The van der Waals surface area contributed by atoms with Crippen LogP contribution in [0, 0.1) is 23.7 Å². The average Bonchev–Trinajstić information content (AvgIpc) is 0.786. The number of nitrogens with zero attached hydrogens (tertiary/aromatic N) is 2. The van der Waals surface area contributed by atoms with Crippen LogP contribution in [0.5, 0.6) is 0 Å². The van der Waals surface area contributed by atoms with E-state index in [2.05, 4.69) is 15.6 Å². The number of esters is 2. The number of urea groups is 2. The van der Waals surface area contributed by atoms with E-state index in [-0.39, 0.29) is 63.2 Å². The fraction of sp³-hybridized carbons (Fsp3) is 0.676. The molecule has 1 unspecified atom stereocenters. The van der Waals surface area contributed by atoms with Gasteiger partial charge >= 0.3 is 24.0 Å². The van der Waals surface area contributed by atoms with E-state index in [0.29, 0.717) is 5.06 Å². The van der Waals surface area contributed by atoms with E-state index < -0.39 is 339 Å². The molecule has 0 aromatic carbocycles. The quantitative estimate of drug-likeness (QED) is 0.0352. The lowest BCUT2D eigenvalue weighted by atomic mass is 9.87. The molecule has 4 fully saturated rings. The number of nitrogens with one attached hydrogen (secondary N) is 4. The Morgan fingerprint density at radius 2 is 0.725 bits per heavy atom. The highest BCUT2D eigenvalue weighted by molar-refractivity contribution is 5.77. The van der Waals surface area contributed by atoms with E-state index >= 15 is 0 Å². The number of rotatable bonds is 15. The molecule has 47 heteroatoms. The Kier molecular flexibility index (Phi) is 60.0. The zero-order chi connectivity index (χ0) is 111. The van der Waals surface area contributed by atoms with Crippen molar-refractivity contribution in [2.24, 2.45) is 40.1 Å². The number of fused-ring (bicyclic) bond motifs is 4. The van der Waals surface area contributed by atoms with Crippen molar-refractivity contribution in [2.75, 3.05) is 33.5 Å². The van der Waals surface area contributed by atoms with Crippen molar-refractivity contribution in [1.29, 1.82) is 0 Å². The van der Waals surface area contributed by atoms with Gasteiger partial charge in [-0.2, -0.15) is 0 Å². The predicted octanol–water partition coefficient (Wildman–Crippen LogP) is -2.40. The van der Waals surface area contributed by atoms with Crippen LogP contribution in [0.15, 0.2) is 175 Å². The average molecular weight is 2130 g/mol. The maximum atomic E-state index is 13.1. The van der Waals surface area contributed by atoms with Gasteiger partial charge in [-0.3, -0.25) is 24.5 Å². The Bertz CT molecular complexity index is 4340. The molecule has 0 spiro atoms. The number of hydroxylamine groups is 4. The largest absolute Gasteiger partial charge is 0.462 e. The van der Waals surface area contributed by atoms with E-state index in [1.165, 1.54) is 33.0 Å². The van der Waals surface area contributed by atoms with Crippen molar-refractivity contribution in [3.05, 3.63) is 170 Å². The summed E-state index contributed by atoms with van der Waals surface area (Å²) >= 11 is 0. The van der Waals surface area contributed by atoms with E-state index in [4.69, 9.17) is 59.0 Å². The molecule has 149 heavy (non-hydrogen) atoms. The summed E-state index contributed by atoms with van der Waals surface area (Å²) < 4.78 is 47.4. The summed E-state index contributed by atoms with van der Waals surface area (Å²) in [5.41, 5.74) is 15.9. The summed E-state index contributed by atoms with van der Waals surface area (Å²) in [5.74, 6) is -8.22. The van der Waals surface area contributed by atoms with Gasteiger partial charge in [0.2, 0.25) is 5.96 Å². The third-order valence-corrected chi connectivity index (χ3v) is 26.0. The summed E-state index contributed by atoms with van der Waals surface area (Å²) in [7, 11) is 1.17. The van der Waals surface area contributed by atoms with Crippen molar-refractivity contribution in [3.8, 4) is 0 Å². The third kappa shape index (κ3) is 47.7. The van der Waals surface area contributed by atoms with Crippen molar-refractivity contribution >= 4 is 30.0 Å². The number of aliphatic hydroxyl groups is 24. The van der Waals surface area contributed by atoms with Gasteiger partial charge in [-0.15, -0.1) is 0 Å². The number of nitrogens with two attached hydrogens (primary N) is 2. The van der Waals surface area contributed by atoms with Crippen LogP contribution in [0.2, 0.25) is 0 Å². The number of amides is 4. The number of carbonyl (C=O) groups excluding carboxylic acids is 4. The summed E-state index contributed by atoms with van der Waals surface area (Å²) in [6.45, 7) is 10.7. The number of allylic oxidation sites excluding steroid dienone is 24. The second-order valence-electron chi connectivity index (χ2n) is 38.7. The minimum Gasteiger partial charge on any atom is -0.462 e. The molecule has 33 N–H and O–H groups in total. The molecule has 6 rings (SSSR count). The lowest BCUT2D eigenvalue weighted by Gasteiger charge is -2.46. The van der Waals surface area contributed by atoms with Gasteiger partial charge in [0, 0.05) is 82.1 Å². The van der Waals surface area contributed by atoms with Gasteiger partial charge in [-0.25, -0.2) is 30.6 Å². The first-order valence-electron chi connectivity index (χ1n) is 50.3. The fourth-order valence-electron chi connectivity index (χ4n) is 16.9. The molecule has 0 aromatic rings. The van der Waals surface area contributed by atoms with Gasteiger partial charge in [0.1, 0.15) is 48.8 Å². The second kappa shape index (κ2) is 68.1. The Balaban J connectivity index is 0.000000525. The number of hydrogen-bond donors (Lipinski definition) is 31. The molecule has 4 bridgehead atoms. The van der Waals surface area contributed by atoms with Crippen LogP contribution in [0.4, 0.5) is 9.59 Å². The summed E-state index contributed by atoms with van der Waals surface area (Å²) in [6.07, 6.45) is 2.75. The van der Waals surface area contributed by atoms with Crippen LogP contribution in [0.3, 0.4) is 0 Å². The van der Waals surface area contributed by atoms with Gasteiger partial charge in [0.05, 0.1) is 186 Å². The Labute approximate surface area is 868 Å². The first-order valence-corrected chi connectivity index (χ1v) is 50.3. The highest BCUT2D eigenvalue weighted by Gasteiger charge is 2.53. The SMILES string of the molecule is CC1OC(=O)C[C@H](O)C[C@H](O)CC[C@@H](O)[C@H](O)C[C@H](O)C[C@]2(O)C[C@H](O)[C@@H](NC(=O)NOC(CO)CO)[C@H](C[C@@H](O[C@@H]3O[C@H](C)[C@@H](O)[C@H](N)[C@@H]3O)/C=C/C=C/C=C/C=C/C=C/C=C/C=C/[C@H](C)[C@@H](O)[C@H]1C)O2.C[C@@H]1[C@H](O)[C@@H](C)/C=C/C=C/C=C/C=C/C=C/C=C/C=C/[C@H](O[C@@H]2O[C@H](C)[C@@H](O)[C@H](N=C(N)N(C)O)[C@@H]2O)C[C@@H]2O[C@](O)(C[C@@H](O)C[C@@H](O)[C@H](O)CC[C@@H](O)C[C@@H](O)CC(=O)O[C@H]1C)C[C@H](O)[C@H]2NC(=O)NOC(CO)CO. The first-order chi connectivity index (χ1) is 70.4. The van der Waals surface area contributed by atoms with Crippen molar-refractivity contribution < 1.29 is 195 Å². The topological polar surface area (TPSA) is 782 Å². The van der Waals surface area contributed by atoms with Crippen LogP contribution in [0.1, 0.15) is 158 Å². The monoisotopic (exact) mass is 2130 g/mol. The lowest BCUT2D eigenvalue weighted by Crippen LogP contribution is -2.64. The number of aliphatic imine (C=N–C) groups is 1. The number of aliphatic hydroxyl groups excluding tert-OH is 22. The molecular weight excluding hydrogens is 1960 g/mol. The van der Waals surface area contributed by atoms with Crippen molar-refractivity contribution in [2.45, 2.75) is 377 Å². The van der Waals surface area contributed by atoms with E-state index in [1.54, 1.807) is 174 Å². The van der Waals surface area contributed by atoms with E-state index in [1.807, 2.05) is 37.0 Å². The van der Waals surface area contributed by atoms with Gasteiger partial charge in [-0.05, 0) is 66.2 Å². The summed E-state index contributed by atoms with van der Waals surface area (Å²) in [6, 6.07) is -7.43. The molecular formula is C102H166N8O39. The van der Waals surface area contributed by atoms with Gasteiger partial charge in [0.25, 0.3) is 0 Å². The van der Waals surface area contributed by atoms with Crippen LogP contribution in [-0.2, 0) is 57.2 Å². The van der Waals surface area contributed by atoms with Crippen molar-refractivity contribution in [3.63, 3.8) is 0 Å². The van der Waals surface area contributed by atoms with Crippen LogP contribution in [0.25, 0.3) is 0 Å². The zero-order valence-electron chi connectivity index (χ0n) is 85.7. The van der Waals surface area contributed by atoms with Crippen LogP contribution < -0.4 is 33.1 Å².